The van der Waals surface area contributed by atoms with Gasteiger partial charge in [0.25, 0.3) is 5.69 Å². The van der Waals surface area contributed by atoms with E-state index in [4.69, 9.17) is 5.11 Å². The van der Waals surface area contributed by atoms with Crippen molar-refractivity contribution in [2.75, 3.05) is 0 Å². The normalized spacial score (nSPS) is 13.2. The highest BCUT2D eigenvalue weighted by Gasteiger charge is 2.24. The fourth-order valence-electron chi connectivity index (χ4n) is 1.87. The van der Waals surface area contributed by atoms with Crippen LogP contribution in [0.15, 0.2) is 24.3 Å². The summed E-state index contributed by atoms with van der Waals surface area (Å²) in [4.78, 5) is 32.5. The van der Waals surface area contributed by atoms with Gasteiger partial charge in [-0.05, 0) is 25.3 Å². The highest BCUT2D eigenvalue weighted by molar-refractivity contribution is 5.83. The average Bonchev–Trinajstić information content (AvgIpc) is 2.44. The van der Waals surface area contributed by atoms with Gasteiger partial charge in [-0.2, -0.15) is 0 Å². The molecule has 2 atom stereocenters. The molecule has 0 aromatic heterocycles. The number of aryl methyl sites for hydroxylation is 1. The number of aliphatic hydroxyl groups excluding tert-OH is 1. The Morgan fingerprint density at radius 3 is 2.36 bits per heavy atom. The summed E-state index contributed by atoms with van der Waals surface area (Å²) in [5, 5.41) is 30.9. The number of carboxylic acids is 1. The summed E-state index contributed by atoms with van der Waals surface area (Å²) < 4.78 is 0. The maximum atomic E-state index is 11.6. The van der Waals surface area contributed by atoms with Gasteiger partial charge in [0.05, 0.1) is 11.0 Å². The molecule has 0 heterocycles. The lowest BCUT2D eigenvalue weighted by molar-refractivity contribution is -0.384. The first-order valence-electron chi connectivity index (χ1n) is 6.75. The number of carboxylic acid groups (broad SMARTS) is 1. The predicted octanol–water partition coefficient (Wildman–Crippen LogP) is 0.868. The summed E-state index contributed by atoms with van der Waals surface area (Å²) in [5.41, 5.74) is 0.853. The number of nitrogens with zero attached hydrogens (tertiary/aromatic N) is 1. The van der Waals surface area contributed by atoms with E-state index in [0.29, 0.717) is 12.8 Å². The van der Waals surface area contributed by atoms with Gasteiger partial charge in [-0.15, -0.1) is 0 Å². The molecule has 1 aromatic carbocycles. The molecule has 8 heteroatoms. The molecule has 22 heavy (non-hydrogen) atoms. The molecule has 1 amide bonds. The third kappa shape index (κ3) is 5.49. The molecule has 1 aromatic rings. The number of benzene rings is 1. The monoisotopic (exact) mass is 310 g/mol. The predicted molar refractivity (Wildman–Crippen MR) is 77.3 cm³/mol. The molecular weight excluding hydrogens is 292 g/mol. The Balaban J connectivity index is 2.41. The fourth-order valence-corrected chi connectivity index (χ4v) is 1.87. The second-order valence-electron chi connectivity index (χ2n) is 4.90. The number of nitro benzene ring substituents is 1. The van der Waals surface area contributed by atoms with E-state index in [1.54, 1.807) is 12.1 Å². The minimum absolute atomic E-state index is 0.00252. The number of amides is 1. The van der Waals surface area contributed by atoms with Crippen LogP contribution in [0.3, 0.4) is 0 Å². The molecule has 0 aliphatic carbocycles. The second kappa shape index (κ2) is 8.08. The van der Waals surface area contributed by atoms with Crippen LogP contribution in [-0.2, 0) is 16.0 Å². The van der Waals surface area contributed by atoms with Crippen molar-refractivity contribution in [1.29, 1.82) is 0 Å². The molecule has 1 rings (SSSR count). The summed E-state index contributed by atoms with van der Waals surface area (Å²) in [6, 6.07) is 4.69. The second-order valence-corrected chi connectivity index (χ2v) is 4.90. The number of hydrogen-bond donors (Lipinski definition) is 3. The smallest absolute Gasteiger partial charge is 0.328 e. The van der Waals surface area contributed by atoms with Gasteiger partial charge in [-0.3, -0.25) is 14.9 Å². The minimum Gasteiger partial charge on any atom is -0.480 e. The largest absolute Gasteiger partial charge is 0.480 e. The van der Waals surface area contributed by atoms with Crippen LogP contribution < -0.4 is 5.32 Å². The van der Waals surface area contributed by atoms with E-state index in [0.717, 1.165) is 5.56 Å². The van der Waals surface area contributed by atoms with Crippen molar-refractivity contribution < 1.29 is 24.7 Å². The van der Waals surface area contributed by atoms with Crippen LogP contribution in [0.5, 0.6) is 0 Å². The number of aliphatic carboxylic acids is 1. The summed E-state index contributed by atoms with van der Waals surface area (Å²) in [5.74, 6) is -1.76. The van der Waals surface area contributed by atoms with Gasteiger partial charge in [-0.1, -0.05) is 12.1 Å². The fraction of sp³-hybridized carbons (Fsp3) is 0.429. The Hall–Kier alpha value is -2.48. The van der Waals surface area contributed by atoms with Crippen LogP contribution in [0.2, 0.25) is 0 Å². The molecule has 0 aliphatic rings. The van der Waals surface area contributed by atoms with Crippen molar-refractivity contribution in [3.05, 3.63) is 39.9 Å². The van der Waals surface area contributed by atoms with Gasteiger partial charge in [0.2, 0.25) is 5.91 Å². The third-order valence-corrected chi connectivity index (χ3v) is 3.08. The third-order valence-electron chi connectivity index (χ3n) is 3.08. The maximum absolute atomic E-state index is 11.6. The highest BCUT2D eigenvalue weighted by atomic mass is 16.6. The number of nitrogens with one attached hydrogen (secondary N) is 1. The Morgan fingerprint density at radius 2 is 1.91 bits per heavy atom. The Kier molecular flexibility index (Phi) is 6.46. The molecule has 0 fully saturated rings. The van der Waals surface area contributed by atoms with E-state index >= 15 is 0 Å². The van der Waals surface area contributed by atoms with Crippen molar-refractivity contribution in [2.24, 2.45) is 0 Å². The Labute approximate surface area is 126 Å². The molecule has 120 valence electrons. The number of carbonyl (C=O) groups excluding carboxylic acids is 1. The van der Waals surface area contributed by atoms with E-state index in [9.17, 15) is 24.8 Å². The van der Waals surface area contributed by atoms with Gasteiger partial charge in [0, 0.05) is 18.6 Å². The minimum atomic E-state index is -1.33. The van der Waals surface area contributed by atoms with Gasteiger partial charge in [0.15, 0.2) is 6.04 Å². The van der Waals surface area contributed by atoms with E-state index in [-0.39, 0.29) is 12.1 Å². The topological polar surface area (TPSA) is 130 Å². The summed E-state index contributed by atoms with van der Waals surface area (Å²) in [7, 11) is 0. The zero-order valence-corrected chi connectivity index (χ0v) is 12.1. The maximum Gasteiger partial charge on any atom is 0.328 e. The SMILES string of the molecule is CC(O)C(NC(=O)CCCc1ccc([N+](=O)[O-])cc1)C(=O)O. The van der Waals surface area contributed by atoms with Crippen molar-refractivity contribution in [2.45, 2.75) is 38.3 Å². The number of aliphatic hydroxyl groups is 1. The zero-order valence-electron chi connectivity index (χ0n) is 12.1. The first-order valence-corrected chi connectivity index (χ1v) is 6.75. The summed E-state index contributed by atoms with van der Waals surface area (Å²) >= 11 is 0. The van der Waals surface area contributed by atoms with Crippen molar-refractivity contribution >= 4 is 17.6 Å². The zero-order chi connectivity index (χ0) is 16.7. The number of hydrogen-bond acceptors (Lipinski definition) is 5. The van der Waals surface area contributed by atoms with Crippen LogP contribution in [0.25, 0.3) is 0 Å². The van der Waals surface area contributed by atoms with E-state index < -0.39 is 28.9 Å². The standard InChI is InChI=1S/C14H18N2O6/c1-9(17)13(14(19)20)15-12(18)4-2-3-10-5-7-11(8-6-10)16(21)22/h5-9,13,17H,2-4H2,1H3,(H,15,18)(H,19,20). The molecule has 3 N–H and O–H groups in total. The van der Waals surface area contributed by atoms with Crippen LogP contribution in [-0.4, -0.2) is 39.2 Å². The molecule has 2 unspecified atom stereocenters. The quantitative estimate of drug-likeness (QED) is 0.482. The number of rotatable bonds is 8. The van der Waals surface area contributed by atoms with Gasteiger partial charge < -0.3 is 15.5 Å². The lowest BCUT2D eigenvalue weighted by Crippen LogP contribution is -2.47. The lowest BCUT2D eigenvalue weighted by Gasteiger charge is -2.16. The molecule has 0 bridgehead atoms. The number of nitro groups is 1. The van der Waals surface area contributed by atoms with E-state index in [1.165, 1.54) is 19.1 Å². The van der Waals surface area contributed by atoms with Gasteiger partial charge >= 0.3 is 5.97 Å². The molecular formula is C14H18N2O6. The first-order chi connectivity index (χ1) is 10.3. The molecule has 0 aliphatic heterocycles. The molecule has 0 saturated heterocycles. The Bertz CT molecular complexity index is 541. The molecule has 8 nitrogen and oxygen atoms in total. The first kappa shape index (κ1) is 17.6. The number of carbonyl (C=O) groups is 2. The van der Waals surface area contributed by atoms with Crippen LogP contribution >= 0.6 is 0 Å². The van der Waals surface area contributed by atoms with Crippen molar-refractivity contribution in [3.63, 3.8) is 0 Å². The highest BCUT2D eigenvalue weighted by Crippen LogP contribution is 2.13. The molecule has 0 spiro atoms. The van der Waals surface area contributed by atoms with Crippen molar-refractivity contribution in [1.82, 2.24) is 5.32 Å². The van der Waals surface area contributed by atoms with Gasteiger partial charge in [0.1, 0.15) is 0 Å². The Morgan fingerprint density at radius 1 is 1.32 bits per heavy atom. The van der Waals surface area contributed by atoms with Crippen molar-refractivity contribution in [3.8, 4) is 0 Å². The average molecular weight is 310 g/mol. The molecule has 0 saturated carbocycles. The van der Waals surface area contributed by atoms with Crippen LogP contribution in [0.4, 0.5) is 5.69 Å². The van der Waals surface area contributed by atoms with E-state index in [1.807, 2.05) is 0 Å². The molecule has 0 radical (unpaired) electrons. The van der Waals surface area contributed by atoms with E-state index in [2.05, 4.69) is 5.32 Å². The van der Waals surface area contributed by atoms with Crippen LogP contribution in [0.1, 0.15) is 25.3 Å². The summed E-state index contributed by atoms with van der Waals surface area (Å²) in [6.45, 7) is 1.29. The lowest BCUT2D eigenvalue weighted by atomic mass is 10.1. The number of non-ortho nitro benzene ring substituents is 1. The summed E-state index contributed by atoms with van der Waals surface area (Å²) in [6.07, 6.45) is -0.0719. The van der Waals surface area contributed by atoms with Crippen LogP contribution in [0, 0.1) is 10.1 Å². The van der Waals surface area contributed by atoms with Gasteiger partial charge in [-0.25, -0.2) is 4.79 Å².